The molecule has 2 aromatic rings. The molecule has 0 radical (unpaired) electrons. The van der Waals surface area contributed by atoms with Crippen molar-refractivity contribution in [1.29, 1.82) is 0 Å². The van der Waals surface area contributed by atoms with Crippen LogP contribution in [0.1, 0.15) is 24.8 Å². The Bertz CT molecular complexity index is 924. The van der Waals surface area contributed by atoms with E-state index in [4.69, 9.17) is 4.74 Å². The predicted molar refractivity (Wildman–Crippen MR) is 121 cm³/mol. The van der Waals surface area contributed by atoms with Crippen LogP contribution in [0.5, 0.6) is 5.75 Å². The molecule has 1 fully saturated rings. The maximum atomic E-state index is 12.7. The molecule has 3 rings (SSSR count). The number of aliphatic hydroxyl groups is 1. The summed E-state index contributed by atoms with van der Waals surface area (Å²) >= 11 is 0. The number of hydrogen-bond acceptors (Lipinski definition) is 5. The van der Waals surface area contributed by atoms with Crippen LogP contribution in [0, 0.1) is 5.92 Å². The van der Waals surface area contributed by atoms with Crippen molar-refractivity contribution in [3.05, 3.63) is 60.2 Å². The van der Waals surface area contributed by atoms with Crippen molar-refractivity contribution < 1.29 is 18.3 Å². The van der Waals surface area contributed by atoms with Gasteiger partial charge in [-0.25, -0.2) is 13.1 Å². The van der Waals surface area contributed by atoms with Crippen LogP contribution in [0.3, 0.4) is 0 Å². The van der Waals surface area contributed by atoms with Crippen LogP contribution in [0.4, 0.5) is 0 Å². The summed E-state index contributed by atoms with van der Waals surface area (Å²) in [4.78, 5) is 2.29. The fraction of sp³-hybridized carbons (Fsp3) is 0.455. The van der Waals surface area contributed by atoms with E-state index in [1.54, 1.807) is 37.4 Å². The van der Waals surface area contributed by atoms with Crippen molar-refractivity contribution in [3.63, 3.8) is 0 Å². The molecule has 1 saturated carbocycles. The summed E-state index contributed by atoms with van der Waals surface area (Å²) in [6.07, 6.45) is 1.59. The van der Waals surface area contributed by atoms with Crippen LogP contribution in [0.2, 0.25) is 0 Å². The third-order valence-corrected chi connectivity index (χ3v) is 7.19. The number of methoxy groups -OCH3 is 1. The highest BCUT2D eigenvalue weighted by Gasteiger charge is 2.44. The monoisotopic (exact) mass is 454 g/mol. The van der Waals surface area contributed by atoms with Gasteiger partial charge in [0.2, 0.25) is 10.0 Å². The van der Waals surface area contributed by atoms with Crippen LogP contribution in [0.25, 0.3) is 0 Å². The summed E-state index contributed by atoms with van der Waals surface area (Å²) < 4.78 is 33.7. The fourth-order valence-electron chi connectivity index (χ4n) is 4.19. The Morgan fingerprint density at radius 1 is 1.17 bits per heavy atom. The van der Waals surface area contributed by atoms with Crippen molar-refractivity contribution in [2.75, 3.05) is 27.7 Å². The quantitative estimate of drug-likeness (QED) is 0.672. The lowest BCUT2D eigenvalue weighted by Crippen LogP contribution is -2.50. The molecule has 0 amide bonds. The molecule has 0 aliphatic heterocycles. The zero-order valence-electron chi connectivity index (χ0n) is 17.6. The first-order valence-corrected chi connectivity index (χ1v) is 11.3. The Morgan fingerprint density at radius 2 is 1.87 bits per heavy atom. The molecule has 0 bridgehead atoms. The normalized spacial score (nSPS) is 24.3. The van der Waals surface area contributed by atoms with E-state index in [1.165, 1.54) is 0 Å². The molecule has 30 heavy (non-hydrogen) atoms. The van der Waals surface area contributed by atoms with E-state index >= 15 is 0 Å². The molecule has 1 aliphatic rings. The predicted octanol–water partition coefficient (Wildman–Crippen LogP) is 3.01. The minimum absolute atomic E-state index is 0. The molecule has 166 valence electrons. The number of benzene rings is 2. The number of halogens is 1. The molecule has 2 N–H and O–H groups in total. The first kappa shape index (κ1) is 24.6. The van der Waals surface area contributed by atoms with Crippen LogP contribution in [-0.2, 0) is 15.6 Å². The van der Waals surface area contributed by atoms with E-state index in [-0.39, 0.29) is 29.3 Å². The summed E-state index contributed by atoms with van der Waals surface area (Å²) in [7, 11) is 1.94. The zero-order valence-corrected chi connectivity index (χ0v) is 19.2. The van der Waals surface area contributed by atoms with Crippen LogP contribution in [-0.4, -0.2) is 52.2 Å². The molecule has 3 unspecified atom stereocenters. The molecular formula is C22H31ClN2O4S. The summed E-state index contributed by atoms with van der Waals surface area (Å²) in [5.74, 6) is 0.577. The first-order valence-electron chi connectivity index (χ1n) is 9.83. The van der Waals surface area contributed by atoms with Gasteiger partial charge < -0.3 is 14.7 Å². The summed E-state index contributed by atoms with van der Waals surface area (Å²) in [6.45, 7) is 0.650. The van der Waals surface area contributed by atoms with E-state index in [0.29, 0.717) is 31.6 Å². The van der Waals surface area contributed by atoms with E-state index < -0.39 is 15.6 Å². The minimum Gasteiger partial charge on any atom is -0.497 e. The number of hydrogen-bond donors (Lipinski definition) is 2. The molecule has 0 spiro atoms. The van der Waals surface area contributed by atoms with Crippen LogP contribution < -0.4 is 9.46 Å². The highest BCUT2D eigenvalue weighted by Crippen LogP contribution is 2.43. The highest BCUT2D eigenvalue weighted by molar-refractivity contribution is 7.89. The van der Waals surface area contributed by atoms with Gasteiger partial charge in [-0.05, 0) is 63.2 Å². The average Bonchev–Trinajstić information content (AvgIpc) is 2.71. The Morgan fingerprint density at radius 3 is 2.50 bits per heavy atom. The SMILES string of the molecule is COc1cccc(C2(O)CCC(NS(=O)(=O)c3ccccc3)CC2CN(C)C)c1.Cl. The largest absolute Gasteiger partial charge is 0.497 e. The third kappa shape index (κ3) is 5.53. The van der Waals surface area contributed by atoms with Crippen LogP contribution in [0.15, 0.2) is 59.5 Å². The van der Waals surface area contributed by atoms with E-state index in [9.17, 15) is 13.5 Å². The number of ether oxygens (including phenoxy) is 1. The zero-order chi connectivity index (χ0) is 21.1. The Balaban J connectivity index is 0.00000320. The van der Waals surface area contributed by atoms with Gasteiger partial charge in [0, 0.05) is 18.5 Å². The Hall–Kier alpha value is -1.64. The minimum atomic E-state index is -3.59. The number of sulfonamides is 1. The number of nitrogens with one attached hydrogen (secondary N) is 1. The van der Waals surface area contributed by atoms with Gasteiger partial charge in [-0.1, -0.05) is 30.3 Å². The molecule has 2 aromatic carbocycles. The lowest BCUT2D eigenvalue weighted by Gasteiger charge is -2.44. The van der Waals surface area contributed by atoms with Gasteiger partial charge in [0.1, 0.15) is 5.75 Å². The molecule has 0 heterocycles. The van der Waals surface area contributed by atoms with Crippen LogP contribution >= 0.6 is 12.4 Å². The summed E-state index contributed by atoms with van der Waals surface area (Å²) in [5, 5.41) is 11.6. The lowest BCUT2D eigenvalue weighted by atomic mass is 9.69. The molecule has 1 aliphatic carbocycles. The van der Waals surface area contributed by atoms with Gasteiger partial charge in [0.15, 0.2) is 0 Å². The molecule has 6 nitrogen and oxygen atoms in total. The van der Waals surface area contributed by atoms with Gasteiger partial charge in [-0.3, -0.25) is 0 Å². The van der Waals surface area contributed by atoms with Gasteiger partial charge >= 0.3 is 0 Å². The second-order valence-electron chi connectivity index (χ2n) is 8.02. The van der Waals surface area contributed by atoms with Gasteiger partial charge in [0.05, 0.1) is 17.6 Å². The molecule has 3 atom stereocenters. The molecule has 8 heteroatoms. The topological polar surface area (TPSA) is 78.9 Å². The summed E-state index contributed by atoms with van der Waals surface area (Å²) in [5.41, 5.74) is -0.221. The second kappa shape index (κ2) is 10.1. The number of nitrogens with zero attached hydrogens (tertiary/aromatic N) is 1. The van der Waals surface area contributed by atoms with Crippen molar-refractivity contribution in [2.24, 2.45) is 5.92 Å². The fourth-order valence-corrected chi connectivity index (χ4v) is 5.49. The van der Waals surface area contributed by atoms with E-state index in [2.05, 4.69) is 4.72 Å². The Kier molecular flexibility index (Phi) is 8.30. The maximum absolute atomic E-state index is 12.7. The lowest BCUT2D eigenvalue weighted by molar-refractivity contribution is -0.0675. The highest BCUT2D eigenvalue weighted by atomic mass is 35.5. The average molecular weight is 455 g/mol. The van der Waals surface area contributed by atoms with Crippen molar-refractivity contribution in [3.8, 4) is 5.75 Å². The molecule has 0 saturated heterocycles. The smallest absolute Gasteiger partial charge is 0.240 e. The van der Waals surface area contributed by atoms with Crippen molar-refractivity contribution in [2.45, 2.75) is 35.8 Å². The maximum Gasteiger partial charge on any atom is 0.240 e. The van der Waals surface area contributed by atoms with E-state index in [1.807, 2.05) is 43.3 Å². The second-order valence-corrected chi connectivity index (χ2v) is 9.73. The van der Waals surface area contributed by atoms with Crippen molar-refractivity contribution >= 4 is 22.4 Å². The van der Waals surface area contributed by atoms with Gasteiger partial charge in [-0.15, -0.1) is 12.4 Å². The third-order valence-electron chi connectivity index (χ3n) is 5.65. The van der Waals surface area contributed by atoms with Gasteiger partial charge in [-0.2, -0.15) is 0 Å². The standard InChI is InChI=1S/C22H30N2O4S.ClH/c1-24(2)16-18-14-19(23-29(26,27)21-10-5-4-6-11-21)12-13-22(18,25)17-8-7-9-20(15-17)28-3;/h4-11,15,18-19,23,25H,12-14,16H2,1-3H3;1H. The first-order chi connectivity index (χ1) is 13.7. The van der Waals surface area contributed by atoms with Crippen molar-refractivity contribution in [1.82, 2.24) is 9.62 Å². The number of rotatable bonds is 7. The molecule has 0 aromatic heterocycles. The van der Waals surface area contributed by atoms with E-state index in [0.717, 1.165) is 5.56 Å². The van der Waals surface area contributed by atoms with Gasteiger partial charge in [0.25, 0.3) is 0 Å². The summed E-state index contributed by atoms with van der Waals surface area (Å²) in [6, 6.07) is 15.7. The molecular weight excluding hydrogens is 424 g/mol. The Labute approximate surface area is 185 Å².